The van der Waals surface area contributed by atoms with E-state index in [1.807, 2.05) is 20.8 Å². The fourth-order valence-corrected chi connectivity index (χ4v) is 2.56. The van der Waals surface area contributed by atoms with Gasteiger partial charge in [0.15, 0.2) is 0 Å². The van der Waals surface area contributed by atoms with E-state index in [2.05, 4.69) is 28.4 Å². The minimum atomic E-state index is -0.455. The zero-order chi connectivity index (χ0) is 16.6. The molecule has 126 valence electrons. The van der Waals surface area contributed by atoms with Crippen LogP contribution in [0.5, 0.6) is 0 Å². The number of carbonyl (C=O) groups is 1. The summed E-state index contributed by atoms with van der Waals surface area (Å²) in [7, 11) is 0. The van der Waals surface area contributed by atoms with Crippen LogP contribution >= 0.6 is 0 Å². The summed E-state index contributed by atoms with van der Waals surface area (Å²) in [6, 6.07) is 0.774. The van der Waals surface area contributed by atoms with Crippen molar-refractivity contribution in [3.63, 3.8) is 0 Å². The number of piperidine rings is 1. The number of hydrogen-bond donors (Lipinski definition) is 2. The Morgan fingerprint density at radius 3 is 2.55 bits per heavy atom. The Balaban J connectivity index is 2.28. The van der Waals surface area contributed by atoms with Gasteiger partial charge >= 0.3 is 6.09 Å². The van der Waals surface area contributed by atoms with Gasteiger partial charge in [0, 0.05) is 31.7 Å². The molecular weight excluding hydrogens is 278 g/mol. The first kappa shape index (κ1) is 18.8. The van der Waals surface area contributed by atoms with E-state index >= 15 is 0 Å². The molecule has 0 spiro atoms. The van der Waals surface area contributed by atoms with Crippen molar-refractivity contribution in [3.8, 4) is 12.3 Å². The van der Waals surface area contributed by atoms with Gasteiger partial charge in [-0.1, -0.05) is 12.8 Å². The molecular formula is C17H31N3O2. The van der Waals surface area contributed by atoms with Gasteiger partial charge in [-0.25, -0.2) is 4.79 Å². The first-order valence-corrected chi connectivity index (χ1v) is 8.22. The summed E-state index contributed by atoms with van der Waals surface area (Å²) in [5.74, 6) is 2.70. The first-order valence-electron chi connectivity index (χ1n) is 8.22. The fraction of sp³-hybridized carbons (Fsp3) is 0.824. The van der Waals surface area contributed by atoms with Crippen molar-refractivity contribution in [2.75, 3.05) is 26.2 Å². The van der Waals surface area contributed by atoms with Crippen LogP contribution in [0.4, 0.5) is 4.79 Å². The Labute approximate surface area is 135 Å². The number of alkyl carbamates (subject to hydrolysis) is 1. The van der Waals surface area contributed by atoms with Crippen LogP contribution in [0.15, 0.2) is 0 Å². The molecule has 0 saturated carbocycles. The van der Waals surface area contributed by atoms with E-state index in [1.54, 1.807) is 0 Å². The molecule has 0 aromatic carbocycles. The molecule has 1 amide bonds. The number of nitrogens with zero attached hydrogens (tertiary/aromatic N) is 1. The molecule has 1 aliphatic rings. The number of hydrogen-bond acceptors (Lipinski definition) is 4. The molecule has 0 aromatic rings. The van der Waals surface area contributed by atoms with Crippen molar-refractivity contribution in [3.05, 3.63) is 0 Å². The quantitative estimate of drug-likeness (QED) is 0.737. The normalized spacial score (nSPS) is 18.5. The average molecular weight is 309 g/mol. The van der Waals surface area contributed by atoms with Crippen LogP contribution in [-0.2, 0) is 4.74 Å². The first-order chi connectivity index (χ1) is 10.3. The lowest BCUT2D eigenvalue weighted by Crippen LogP contribution is -2.50. The molecule has 1 unspecified atom stereocenters. The monoisotopic (exact) mass is 309 g/mol. The van der Waals surface area contributed by atoms with Crippen LogP contribution in [0.3, 0.4) is 0 Å². The minimum Gasteiger partial charge on any atom is -0.444 e. The third-order valence-corrected chi connectivity index (χ3v) is 3.76. The van der Waals surface area contributed by atoms with Crippen molar-refractivity contribution >= 4 is 6.09 Å². The largest absolute Gasteiger partial charge is 0.444 e. The van der Waals surface area contributed by atoms with E-state index in [4.69, 9.17) is 11.2 Å². The maximum Gasteiger partial charge on any atom is 0.407 e. The summed E-state index contributed by atoms with van der Waals surface area (Å²) >= 11 is 0. The minimum absolute atomic E-state index is 0.275. The fourth-order valence-electron chi connectivity index (χ4n) is 2.56. The summed E-state index contributed by atoms with van der Waals surface area (Å²) in [5, 5.41) is 6.49. The molecule has 5 heteroatoms. The van der Waals surface area contributed by atoms with Crippen molar-refractivity contribution in [2.45, 2.75) is 64.6 Å². The highest BCUT2D eigenvalue weighted by Gasteiger charge is 2.22. The molecule has 1 atom stereocenters. The number of ether oxygens (including phenoxy) is 1. The Kier molecular flexibility index (Phi) is 7.70. The number of amides is 1. The van der Waals surface area contributed by atoms with Crippen LogP contribution in [0.1, 0.15) is 47.0 Å². The summed E-state index contributed by atoms with van der Waals surface area (Å²) in [6.45, 7) is 11.1. The second kappa shape index (κ2) is 9.02. The predicted molar refractivity (Wildman–Crippen MR) is 89.7 cm³/mol. The highest BCUT2D eigenvalue weighted by Crippen LogP contribution is 2.11. The van der Waals surface area contributed by atoms with Gasteiger partial charge in [-0.3, -0.25) is 4.90 Å². The standard InChI is InChI=1S/C17H31N3O2/c1-6-10-20-11-8-15(9-12-20)19-14(7-2)13-18-16(21)22-17(3,4)5/h1,14-15,19H,7-13H2,2-5H3,(H,18,21). The Bertz CT molecular complexity index is 376. The smallest absolute Gasteiger partial charge is 0.407 e. The molecule has 1 heterocycles. The lowest BCUT2D eigenvalue weighted by atomic mass is 10.0. The van der Waals surface area contributed by atoms with Crippen molar-refractivity contribution in [2.24, 2.45) is 0 Å². The van der Waals surface area contributed by atoms with Gasteiger partial charge in [-0.15, -0.1) is 6.42 Å². The SMILES string of the molecule is C#CCN1CCC(NC(CC)CNC(=O)OC(C)(C)C)CC1. The van der Waals surface area contributed by atoms with Gasteiger partial charge < -0.3 is 15.4 Å². The molecule has 22 heavy (non-hydrogen) atoms. The van der Waals surface area contributed by atoms with Gasteiger partial charge in [0.1, 0.15) is 5.60 Å². The van der Waals surface area contributed by atoms with Gasteiger partial charge in [0.05, 0.1) is 6.54 Å². The summed E-state index contributed by atoms with van der Waals surface area (Å²) in [5.41, 5.74) is -0.455. The topological polar surface area (TPSA) is 53.6 Å². The summed E-state index contributed by atoms with van der Waals surface area (Å²) in [6.07, 6.45) is 8.17. The van der Waals surface area contributed by atoms with E-state index in [9.17, 15) is 4.79 Å². The van der Waals surface area contributed by atoms with Gasteiger partial charge in [-0.05, 0) is 40.0 Å². The highest BCUT2D eigenvalue weighted by atomic mass is 16.6. The molecule has 1 aliphatic heterocycles. The second-order valence-electron chi connectivity index (χ2n) is 6.91. The van der Waals surface area contributed by atoms with Gasteiger partial charge in [0.2, 0.25) is 0 Å². The summed E-state index contributed by atoms with van der Waals surface area (Å²) in [4.78, 5) is 14.0. The molecule has 0 bridgehead atoms. The lowest BCUT2D eigenvalue weighted by Gasteiger charge is -2.33. The second-order valence-corrected chi connectivity index (χ2v) is 6.91. The van der Waals surface area contributed by atoms with Crippen LogP contribution < -0.4 is 10.6 Å². The zero-order valence-corrected chi connectivity index (χ0v) is 14.4. The lowest BCUT2D eigenvalue weighted by molar-refractivity contribution is 0.0520. The maximum absolute atomic E-state index is 11.7. The molecule has 1 rings (SSSR count). The van der Waals surface area contributed by atoms with Crippen molar-refractivity contribution in [1.29, 1.82) is 0 Å². The Hall–Kier alpha value is -1.25. The number of rotatable bonds is 6. The van der Waals surface area contributed by atoms with E-state index in [1.165, 1.54) is 0 Å². The number of likely N-dealkylation sites (tertiary alicyclic amines) is 1. The van der Waals surface area contributed by atoms with Crippen LogP contribution in [0, 0.1) is 12.3 Å². The number of terminal acetylenes is 1. The molecule has 1 saturated heterocycles. The third-order valence-electron chi connectivity index (χ3n) is 3.76. The molecule has 0 aliphatic carbocycles. The Morgan fingerprint density at radius 1 is 1.41 bits per heavy atom. The Morgan fingerprint density at radius 2 is 2.05 bits per heavy atom. The maximum atomic E-state index is 11.7. The predicted octanol–water partition coefficient (Wildman–Crippen LogP) is 1.98. The van der Waals surface area contributed by atoms with E-state index in [-0.39, 0.29) is 12.1 Å². The van der Waals surface area contributed by atoms with Gasteiger partial charge in [0.25, 0.3) is 0 Å². The van der Waals surface area contributed by atoms with Crippen molar-refractivity contribution in [1.82, 2.24) is 15.5 Å². The van der Waals surface area contributed by atoms with Crippen molar-refractivity contribution < 1.29 is 9.53 Å². The van der Waals surface area contributed by atoms with E-state index < -0.39 is 5.60 Å². The van der Waals surface area contributed by atoms with E-state index in [0.29, 0.717) is 12.6 Å². The highest BCUT2D eigenvalue weighted by molar-refractivity contribution is 5.67. The molecule has 2 N–H and O–H groups in total. The number of nitrogens with one attached hydrogen (secondary N) is 2. The number of carbonyl (C=O) groups excluding carboxylic acids is 1. The zero-order valence-electron chi connectivity index (χ0n) is 14.4. The van der Waals surface area contributed by atoms with Crippen LogP contribution in [-0.4, -0.2) is 54.9 Å². The molecule has 0 aromatic heterocycles. The third kappa shape index (κ3) is 7.67. The molecule has 1 fully saturated rings. The summed E-state index contributed by atoms with van der Waals surface area (Å²) < 4.78 is 5.26. The molecule has 5 nitrogen and oxygen atoms in total. The van der Waals surface area contributed by atoms with Crippen LogP contribution in [0.25, 0.3) is 0 Å². The van der Waals surface area contributed by atoms with Crippen LogP contribution in [0.2, 0.25) is 0 Å². The molecule has 0 radical (unpaired) electrons. The van der Waals surface area contributed by atoms with E-state index in [0.717, 1.165) is 38.9 Å². The average Bonchev–Trinajstić information content (AvgIpc) is 2.43. The van der Waals surface area contributed by atoms with Gasteiger partial charge in [-0.2, -0.15) is 0 Å².